The maximum atomic E-state index is 14.5. The minimum absolute atomic E-state index is 0.0988. The number of hydrogen-bond donors (Lipinski definition) is 1. The second kappa shape index (κ2) is 8.78. The smallest absolute Gasteiger partial charge is 0.314 e. The third kappa shape index (κ3) is 3.58. The molecular formula is C27H33F2N5O2. The first-order valence-electron chi connectivity index (χ1n) is 12.8. The molecule has 192 valence electrons. The van der Waals surface area contributed by atoms with Crippen LogP contribution in [0.3, 0.4) is 0 Å². The lowest BCUT2D eigenvalue weighted by atomic mass is 9.68. The molecular weight excluding hydrogens is 464 g/mol. The largest absolute Gasteiger partial charge is 0.351 e. The van der Waals surface area contributed by atoms with E-state index in [1.807, 2.05) is 11.8 Å². The number of carbonyl (C=O) groups is 2. The van der Waals surface area contributed by atoms with Gasteiger partial charge < -0.3 is 15.5 Å². The lowest BCUT2D eigenvalue weighted by Crippen LogP contribution is -2.51. The van der Waals surface area contributed by atoms with E-state index in [2.05, 4.69) is 24.0 Å². The second-order valence-corrected chi connectivity index (χ2v) is 11.0. The van der Waals surface area contributed by atoms with Crippen molar-refractivity contribution in [1.82, 2.24) is 20.0 Å². The Kier molecular flexibility index (Phi) is 6.00. The molecule has 1 aliphatic heterocycles. The number of halogens is 2. The highest BCUT2D eigenvalue weighted by molar-refractivity contribution is 5.80. The van der Waals surface area contributed by atoms with Gasteiger partial charge in [0.25, 0.3) is 0 Å². The summed E-state index contributed by atoms with van der Waals surface area (Å²) in [6.45, 7) is 8.48. The third-order valence-electron chi connectivity index (χ3n) is 9.15. The molecule has 1 saturated heterocycles. The standard InChI is InChI=1S/C27H33F2N5O2/c1-4-33(24(35)16-9-12-34(13-10-16)25(30)36)15-27-11-8-18(26(27,2)3)17-14-21(31-32-23(17)27)22-19(28)6-5-7-20(22)29/h5-7,14,16,18H,4,8-13,15H2,1-3H3,(H2,30,36)/t18-,27-/m0/s1. The molecule has 1 saturated carbocycles. The van der Waals surface area contributed by atoms with Gasteiger partial charge >= 0.3 is 6.03 Å². The predicted molar refractivity (Wildman–Crippen MR) is 131 cm³/mol. The highest BCUT2D eigenvalue weighted by Gasteiger charge is 2.64. The fourth-order valence-corrected chi connectivity index (χ4v) is 6.92. The molecule has 2 bridgehead atoms. The Morgan fingerprint density at radius 3 is 2.42 bits per heavy atom. The van der Waals surface area contributed by atoms with Gasteiger partial charge in [-0.05, 0) is 67.7 Å². The number of piperidine rings is 1. The van der Waals surface area contributed by atoms with Crippen LogP contribution in [-0.4, -0.2) is 58.1 Å². The number of rotatable bonds is 5. The van der Waals surface area contributed by atoms with E-state index in [-0.39, 0.29) is 39.8 Å². The van der Waals surface area contributed by atoms with Crippen molar-refractivity contribution in [2.24, 2.45) is 17.1 Å². The minimum Gasteiger partial charge on any atom is -0.351 e. The summed E-state index contributed by atoms with van der Waals surface area (Å²) in [5.41, 5.74) is 6.70. The zero-order chi connectivity index (χ0) is 25.8. The average molecular weight is 498 g/mol. The van der Waals surface area contributed by atoms with E-state index in [1.165, 1.54) is 18.2 Å². The van der Waals surface area contributed by atoms with Gasteiger partial charge in [-0.3, -0.25) is 4.79 Å². The van der Waals surface area contributed by atoms with Gasteiger partial charge in [-0.1, -0.05) is 19.9 Å². The molecule has 0 radical (unpaired) electrons. The van der Waals surface area contributed by atoms with E-state index >= 15 is 0 Å². The number of benzene rings is 1. The Morgan fingerprint density at radius 2 is 1.81 bits per heavy atom. The van der Waals surface area contributed by atoms with Crippen LogP contribution in [0.15, 0.2) is 24.3 Å². The van der Waals surface area contributed by atoms with Crippen molar-refractivity contribution in [3.63, 3.8) is 0 Å². The quantitative estimate of drug-likeness (QED) is 0.670. The number of hydrogen-bond acceptors (Lipinski definition) is 4. The Hall–Kier alpha value is -3.10. The van der Waals surface area contributed by atoms with Crippen LogP contribution in [-0.2, 0) is 10.2 Å². The van der Waals surface area contributed by atoms with E-state index in [9.17, 15) is 18.4 Å². The first-order valence-corrected chi connectivity index (χ1v) is 12.8. The topological polar surface area (TPSA) is 92.4 Å². The number of nitrogens with zero attached hydrogens (tertiary/aromatic N) is 4. The maximum absolute atomic E-state index is 14.5. The van der Waals surface area contributed by atoms with Crippen molar-refractivity contribution in [3.8, 4) is 11.3 Å². The van der Waals surface area contributed by atoms with Crippen LogP contribution in [0.5, 0.6) is 0 Å². The van der Waals surface area contributed by atoms with Crippen LogP contribution < -0.4 is 5.73 Å². The number of aromatic nitrogens is 2. The number of nitrogens with two attached hydrogens (primary N) is 1. The summed E-state index contributed by atoms with van der Waals surface area (Å²) >= 11 is 0. The fourth-order valence-electron chi connectivity index (χ4n) is 6.92. The monoisotopic (exact) mass is 497 g/mol. The average Bonchev–Trinajstić information content (AvgIpc) is 3.21. The molecule has 2 aromatic rings. The fraction of sp³-hybridized carbons (Fsp3) is 0.556. The van der Waals surface area contributed by atoms with Gasteiger partial charge in [0.1, 0.15) is 11.6 Å². The molecule has 0 unspecified atom stereocenters. The van der Waals surface area contributed by atoms with Crippen LogP contribution in [0.4, 0.5) is 13.6 Å². The summed E-state index contributed by atoms with van der Waals surface area (Å²) in [6, 6.07) is 5.15. The lowest BCUT2D eigenvalue weighted by Gasteiger charge is -2.42. The number of primary amides is 1. The highest BCUT2D eigenvalue weighted by atomic mass is 19.1. The van der Waals surface area contributed by atoms with Gasteiger partial charge in [-0.25, -0.2) is 13.6 Å². The van der Waals surface area contributed by atoms with Gasteiger partial charge in [0, 0.05) is 37.5 Å². The molecule has 2 atom stereocenters. The summed E-state index contributed by atoms with van der Waals surface area (Å²) in [7, 11) is 0. The molecule has 1 aromatic carbocycles. The Balaban J connectivity index is 1.45. The molecule has 2 fully saturated rings. The molecule has 2 N–H and O–H groups in total. The SMILES string of the molecule is CCN(C[C@@]12CC[C@@H](c3cc(-c4c(F)cccc4F)nnc31)C2(C)C)C(=O)C1CCN(C(N)=O)CC1. The number of likely N-dealkylation sites (tertiary alicyclic amines) is 1. The van der Waals surface area contributed by atoms with Crippen molar-refractivity contribution in [2.45, 2.75) is 57.8 Å². The number of carbonyl (C=O) groups excluding carboxylic acids is 2. The van der Waals surface area contributed by atoms with Crippen LogP contribution in [0.25, 0.3) is 11.3 Å². The van der Waals surface area contributed by atoms with Gasteiger partial charge in [0.2, 0.25) is 5.91 Å². The van der Waals surface area contributed by atoms with Crippen molar-refractivity contribution in [2.75, 3.05) is 26.2 Å². The van der Waals surface area contributed by atoms with E-state index in [4.69, 9.17) is 5.73 Å². The zero-order valence-electron chi connectivity index (χ0n) is 21.1. The lowest BCUT2D eigenvalue weighted by molar-refractivity contribution is -0.138. The molecule has 5 rings (SSSR count). The Morgan fingerprint density at radius 1 is 1.14 bits per heavy atom. The third-order valence-corrected chi connectivity index (χ3v) is 9.15. The molecule has 2 aliphatic carbocycles. The summed E-state index contributed by atoms with van der Waals surface area (Å²) in [5, 5.41) is 8.86. The van der Waals surface area contributed by atoms with E-state index in [0.717, 1.165) is 24.1 Å². The number of likely N-dealkylation sites (N-methyl/N-ethyl adjacent to an activating group) is 1. The van der Waals surface area contributed by atoms with Crippen LogP contribution in [0.2, 0.25) is 0 Å². The Bertz CT molecular complexity index is 1190. The van der Waals surface area contributed by atoms with E-state index < -0.39 is 17.7 Å². The van der Waals surface area contributed by atoms with Crippen molar-refractivity contribution < 1.29 is 18.4 Å². The molecule has 0 spiro atoms. The number of fused-ring (bicyclic) bond motifs is 5. The van der Waals surface area contributed by atoms with Crippen LogP contribution in [0.1, 0.15) is 63.6 Å². The van der Waals surface area contributed by atoms with Crippen molar-refractivity contribution >= 4 is 11.9 Å². The Labute approximate surface area is 210 Å². The molecule has 2 heterocycles. The minimum atomic E-state index is -0.661. The number of amides is 3. The maximum Gasteiger partial charge on any atom is 0.314 e. The van der Waals surface area contributed by atoms with Gasteiger partial charge in [0.15, 0.2) is 0 Å². The van der Waals surface area contributed by atoms with Crippen molar-refractivity contribution in [3.05, 3.63) is 47.2 Å². The summed E-state index contributed by atoms with van der Waals surface area (Å²) in [4.78, 5) is 28.6. The molecule has 36 heavy (non-hydrogen) atoms. The summed E-state index contributed by atoms with van der Waals surface area (Å²) < 4.78 is 28.9. The van der Waals surface area contributed by atoms with Crippen LogP contribution in [0, 0.1) is 23.0 Å². The van der Waals surface area contributed by atoms with Gasteiger partial charge in [-0.15, -0.1) is 0 Å². The first-order chi connectivity index (χ1) is 17.1. The second-order valence-electron chi connectivity index (χ2n) is 11.0. The summed E-state index contributed by atoms with van der Waals surface area (Å²) in [5.74, 6) is -1.19. The summed E-state index contributed by atoms with van der Waals surface area (Å²) in [6.07, 6.45) is 3.01. The zero-order valence-corrected chi connectivity index (χ0v) is 21.1. The van der Waals surface area contributed by atoms with Gasteiger partial charge in [0.05, 0.1) is 17.0 Å². The normalized spacial score (nSPS) is 24.6. The van der Waals surface area contributed by atoms with E-state index in [0.29, 0.717) is 39.0 Å². The molecule has 3 amide bonds. The molecule has 9 heteroatoms. The van der Waals surface area contributed by atoms with E-state index in [1.54, 1.807) is 11.0 Å². The van der Waals surface area contributed by atoms with Crippen molar-refractivity contribution in [1.29, 1.82) is 0 Å². The molecule has 7 nitrogen and oxygen atoms in total. The highest BCUT2D eigenvalue weighted by Crippen LogP contribution is 2.67. The van der Waals surface area contributed by atoms with Crippen LogP contribution >= 0.6 is 0 Å². The number of urea groups is 1. The predicted octanol–water partition coefficient (Wildman–Crippen LogP) is 4.22. The van der Waals surface area contributed by atoms with Gasteiger partial charge in [-0.2, -0.15) is 10.2 Å². The first kappa shape index (κ1) is 24.6. The molecule has 1 aromatic heterocycles. The molecule has 3 aliphatic rings.